The molecule has 1 fully saturated rings. The van der Waals surface area contributed by atoms with Gasteiger partial charge in [-0.05, 0) is 57.0 Å². The SMILES string of the molecule is CCN1CCCC(C(C)Nc2ccc(C#N)cc2Cl)C1. The van der Waals surface area contributed by atoms with Gasteiger partial charge in [-0.15, -0.1) is 0 Å². The van der Waals surface area contributed by atoms with E-state index in [0.29, 0.717) is 22.5 Å². The summed E-state index contributed by atoms with van der Waals surface area (Å²) in [6.07, 6.45) is 2.53. The Morgan fingerprint density at radius 1 is 1.55 bits per heavy atom. The Hall–Kier alpha value is -1.24. The fourth-order valence-corrected chi connectivity index (χ4v) is 3.09. The zero-order valence-electron chi connectivity index (χ0n) is 12.2. The van der Waals surface area contributed by atoms with Gasteiger partial charge in [0.15, 0.2) is 0 Å². The van der Waals surface area contributed by atoms with E-state index in [0.717, 1.165) is 18.8 Å². The zero-order valence-corrected chi connectivity index (χ0v) is 13.0. The summed E-state index contributed by atoms with van der Waals surface area (Å²) in [6, 6.07) is 7.91. The molecule has 0 aliphatic carbocycles. The minimum atomic E-state index is 0.384. The van der Waals surface area contributed by atoms with Crippen LogP contribution in [-0.4, -0.2) is 30.6 Å². The van der Waals surface area contributed by atoms with Gasteiger partial charge in [0.1, 0.15) is 0 Å². The van der Waals surface area contributed by atoms with Gasteiger partial charge in [-0.2, -0.15) is 5.26 Å². The fraction of sp³-hybridized carbons (Fsp3) is 0.562. The first kappa shape index (κ1) is 15.2. The molecule has 0 saturated carbocycles. The number of hydrogen-bond donors (Lipinski definition) is 1. The minimum absolute atomic E-state index is 0.384. The van der Waals surface area contributed by atoms with Crippen LogP contribution in [0.15, 0.2) is 18.2 Å². The Labute approximate surface area is 126 Å². The van der Waals surface area contributed by atoms with Gasteiger partial charge in [-0.25, -0.2) is 0 Å². The maximum absolute atomic E-state index is 8.86. The Morgan fingerprint density at radius 2 is 2.35 bits per heavy atom. The molecule has 1 aliphatic rings. The van der Waals surface area contributed by atoms with Gasteiger partial charge in [-0.1, -0.05) is 18.5 Å². The highest BCUT2D eigenvalue weighted by molar-refractivity contribution is 6.33. The van der Waals surface area contributed by atoms with E-state index in [-0.39, 0.29) is 0 Å². The number of halogens is 1. The number of nitrogens with zero attached hydrogens (tertiary/aromatic N) is 2. The Balaban J connectivity index is 2.00. The molecule has 108 valence electrons. The summed E-state index contributed by atoms with van der Waals surface area (Å²) in [6.45, 7) is 7.94. The molecule has 1 aromatic rings. The van der Waals surface area contributed by atoms with Crippen LogP contribution in [-0.2, 0) is 0 Å². The van der Waals surface area contributed by atoms with Crippen LogP contribution in [0.3, 0.4) is 0 Å². The number of rotatable bonds is 4. The van der Waals surface area contributed by atoms with Crippen molar-refractivity contribution in [3.63, 3.8) is 0 Å². The third-order valence-electron chi connectivity index (χ3n) is 4.18. The molecule has 1 N–H and O–H groups in total. The predicted molar refractivity (Wildman–Crippen MR) is 84.1 cm³/mol. The quantitative estimate of drug-likeness (QED) is 0.918. The maximum atomic E-state index is 8.86. The molecule has 2 atom stereocenters. The molecule has 4 heteroatoms. The third kappa shape index (κ3) is 3.65. The summed E-state index contributed by atoms with van der Waals surface area (Å²) in [5.41, 5.74) is 1.52. The van der Waals surface area contributed by atoms with Crippen molar-refractivity contribution in [2.24, 2.45) is 5.92 Å². The average molecular weight is 292 g/mol. The van der Waals surface area contributed by atoms with E-state index in [1.807, 2.05) is 6.07 Å². The van der Waals surface area contributed by atoms with E-state index in [9.17, 15) is 0 Å². The first-order chi connectivity index (χ1) is 9.63. The van der Waals surface area contributed by atoms with E-state index in [1.54, 1.807) is 12.1 Å². The Kier molecular flexibility index (Phi) is 5.28. The van der Waals surface area contributed by atoms with Crippen LogP contribution in [0.25, 0.3) is 0 Å². The molecule has 2 rings (SSSR count). The number of benzene rings is 1. The first-order valence-corrected chi connectivity index (χ1v) is 7.70. The van der Waals surface area contributed by atoms with Crippen LogP contribution < -0.4 is 5.32 Å². The highest BCUT2D eigenvalue weighted by Gasteiger charge is 2.24. The molecule has 1 aliphatic heterocycles. The standard InChI is InChI=1S/C16H22ClN3/c1-3-20-8-4-5-14(11-20)12(2)19-16-7-6-13(10-18)9-15(16)17/h6-7,9,12,14,19H,3-5,8,11H2,1-2H3. The summed E-state index contributed by atoms with van der Waals surface area (Å²) in [4.78, 5) is 2.51. The van der Waals surface area contributed by atoms with Crippen LogP contribution in [0, 0.1) is 17.2 Å². The smallest absolute Gasteiger partial charge is 0.0992 e. The second-order valence-electron chi connectivity index (χ2n) is 5.53. The van der Waals surface area contributed by atoms with Gasteiger partial charge in [0, 0.05) is 12.6 Å². The van der Waals surface area contributed by atoms with Crippen molar-refractivity contribution < 1.29 is 0 Å². The fourth-order valence-electron chi connectivity index (χ4n) is 2.85. The molecule has 1 aromatic carbocycles. The molecule has 1 heterocycles. The summed E-state index contributed by atoms with van der Waals surface area (Å²) in [7, 11) is 0. The molecule has 0 radical (unpaired) electrons. The molecule has 20 heavy (non-hydrogen) atoms. The van der Waals surface area contributed by atoms with Crippen LogP contribution >= 0.6 is 11.6 Å². The van der Waals surface area contributed by atoms with Gasteiger partial charge >= 0.3 is 0 Å². The van der Waals surface area contributed by atoms with Crippen molar-refractivity contribution in [3.05, 3.63) is 28.8 Å². The summed E-state index contributed by atoms with van der Waals surface area (Å²) in [5.74, 6) is 0.649. The van der Waals surface area contributed by atoms with E-state index in [2.05, 4.69) is 30.1 Å². The zero-order chi connectivity index (χ0) is 14.5. The lowest BCUT2D eigenvalue weighted by Gasteiger charge is -2.35. The number of nitriles is 1. The van der Waals surface area contributed by atoms with Crippen molar-refractivity contribution in [2.45, 2.75) is 32.7 Å². The van der Waals surface area contributed by atoms with Crippen LogP contribution in [0.1, 0.15) is 32.3 Å². The number of hydrogen-bond acceptors (Lipinski definition) is 3. The summed E-state index contributed by atoms with van der Waals surface area (Å²) in [5, 5.41) is 13.0. The lowest BCUT2D eigenvalue weighted by atomic mass is 9.91. The second kappa shape index (κ2) is 6.97. The van der Waals surface area contributed by atoms with E-state index < -0.39 is 0 Å². The summed E-state index contributed by atoms with van der Waals surface area (Å²) < 4.78 is 0. The topological polar surface area (TPSA) is 39.1 Å². The lowest BCUT2D eigenvalue weighted by Crippen LogP contribution is -2.41. The van der Waals surface area contributed by atoms with Crippen molar-refractivity contribution >= 4 is 17.3 Å². The Morgan fingerprint density at radius 3 is 3.00 bits per heavy atom. The van der Waals surface area contributed by atoms with Gasteiger partial charge < -0.3 is 10.2 Å². The molecule has 0 amide bonds. The van der Waals surface area contributed by atoms with Crippen molar-refractivity contribution in [2.75, 3.05) is 25.0 Å². The lowest BCUT2D eigenvalue weighted by molar-refractivity contribution is 0.172. The van der Waals surface area contributed by atoms with E-state index >= 15 is 0 Å². The van der Waals surface area contributed by atoms with Gasteiger partial charge in [0.05, 0.1) is 22.3 Å². The highest BCUT2D eigenvalue weighted by Crippen LogP contribution is 2.27. The monoisotopic (exact) mass is 291 g/mol. The molecular weight excluding hydrogens is 270 g/mol. The van der Waals surface area contributed by atoms with Crippen molar-refractivity contribution in [1.82, 2.24) is 4.90 Å². The molecule has 0 aromatic heterocycles. The normalized spacial score (nSPS) is 21.2. The van der Waals surface area contributed by atoms with Gasteiger partial charge in [0.2, 0.25) is 0 Å². The second-order valence-corrected chi connectivity index (χ2v) is 5.94. The summed E-state index contributed by atoms with van der Waals surface area (Å²) >= 11 is 6.22. The van der Waals surface area contributed by atoms with Gasteiger partial charge in [-0.3, -0.25) is 0 Å². The largest absolute Gasteiger partial charge is 0.381 e. The van der Waals surface area contributed by atoms with Crippen molar-refractivity contribution in [1.29, 1.82) is 5.26 Å². The van der Waals surface area contributed by atoms with Crippen LogP contribution in [0.2, 0.25) is 5.02 Å². The van der Waals surface area contributed by atoms with Crippen molar-refractivity contribution in [3.8, 4) is 6.07 Å². The van der Waals surface area contributed by atoms with Crippen LogP contribution in [0.4, 0.5) is 5.69 Å². The highest BCUT2D eigenvalue weighted by atomic mass is 35.5. The van der Waals surface area contributed by atoms with E-state index in [4.69, 9.17) is 16.9 Å². The number of piperidine rings is 1. The number of nitrogens with one attached hydrogen (secondary N) is 1. The minimum Gasteiger partial charge on any atom is -0.381 e. The molecule has 2 unspecified atom stereocenters. The maximum Gasteiger partial charge on any atom is 0.0992 e. The molecular formula is C16H22ClN3. The molecule has 1 saturated heterocycles. The predicted octanol–water partition coefficient (Wildman–Crippen LogP) is 3.74. The molecule has 0 bridgehead atoms. The van der Waals surface area contributed by atoms with E-state index in [1.165, 1.54) is 19.4 Å². The molecule has 3 nitrogen and oxygen atoms in total. The Bertz CT molecular complexity index is 495. The van der Waals surface area contributed by atoms with Gasteiger partial charge in [0.25, 0.3) is 0 Å². The average Bonchev–Trinajstić information content (AvgIpc) is 2.49. The van der Waals surface area contributed by atoms with Crippen LogP contribution in [0.5, 0.6) is 0 Å². The third-order valence-corrected chi connectivity index (χ3v) is 4.49. The number of likely N-dealkylation sites (tertiary alicyclic amines) is 1. The molecule has 0 spiro atoms. The number of anilines is 1. The first-order valence-electron chi connectivity index (χ1n) is 7.32.